The van der Waals surface area contributed by atoms with Crippen molar-refractivity contribution in [2.75, 3.05) is 0 Å². The fraction of sp³-hybridized carbons (Fsp3) is 0.111. The third-order valence-electron chi connectivity index (χ3n) is 5.89. The Hall–Kier alpha value is -3.44. The van der Waals surface area contributed by atoms with E-state index in [1.165, 1.54) is 0 Å². The molecule has 1 aromatic heterocycles. The van der Waals surface area contributed by atoms with Crippen molar-refractivity contribution in [2.45, 2.75) is 19.4 Å². The van der Waals surface area contributed by atoms with E-state index in [-0.39, 0.29) is 5.56 Å². The minimum atomic E-state index is -0.952. The Labute approximate surface area is 194 Å². The van der Waals surface area contributed by atoms with Gasteiger partial charge in [0.2, 0.25) is 5.90 Å². The summed E-state index contributed by atoms with van der Waals surface area (Å²) in [6.07, 6.45) is 0. The number of rotatable bonds is 3. The van der Waals surface area contributed by atoms with E-state index in [2.05, 4.69) is 45.2 Å². The third-order valence-corrected chi connectivity index (χ3v) is 7.08. The first kappa shape index (κ1) is 20.5. The predicted molar refractivity (Wildman–Crippen MR) is 131 cm³/mol. The van der Waals surface area contributed by atoms with Gasteiger partial charge in [-0.2, -0.15) is 0 Å². The van der Waals surface area contributed by atoms with E-state index in [1.54, 1.807) is 0 Å². The largest absolute Gasteiger partial charge is 0.456 e. The molecular formula is C27H21BrN2O2. The first-order chi connectivity index (χ1) is 15.5. The van der Waals surface area contributed by atoms with Crippen LogP contribution in [0.15, 0.2) is 99.2 Å². The topological polar surface area (TPSA) is 54.5 Å². The molecule has 158 valence electrons. The van der Waals surface area contributed by atoms with Crippen LogP contribution in [0.1, 0.15) is 33.5 Å². The molecular weight excluding hydrogens is 464 g/mol. The summed E-state index contributed by atoms with van der Waals surface area (Å²) >= 11 is 3.60. The standard InChI is InChI=1S/C27H21BrN2O2/c1-17-23(25(31)29-18(2)24(17)28)26-30-22-16-10-9-15-21(22)27(32-26,19-11-5-3-6-12-19)20-13-7-4-8-14-20/h3-16H,1-2H3,(H,29,31). The Kier molecular flexibility index (Phi) is 5.06. The van der Waals surface area contributed by atoms with Crippen LogP contribution in [0.4, 0.5) is 5.69 Å². The highest BCUT2D eigenvalue weighted by Gasteiger charge is 2.44. The van der Waals surface area contributed by atoms with E-state index >= 15 is 0 Å². The van der Waals surface area contributed by atoms with E-state index in [4.69, 9.17) is 9.73 Å². The molecule has 0 amide bonds. The molecule has 0 spiro atoms. The number of para-hydroxylation sites is 1. The van der Waals surface area contributed by atoms with E-state index in [0.29, 0.717) is 11.5 Å². The molecule has 0 saturated heterocycles. The molecule has 0 unspecified atom stereocenters. The SMILES string of the molecule is Cc1[nH]c(=O)c(C2=Nc3ccccc3C(c3ccccc3)(c3ccccc3)O2)c(C)c1Br. The fourth-order valence-electron chi connectivity index (χ4n) is 4.36. The number of nitrogens with one attached hydrogen (secondary N) is 1. The Bertz CT molecular complexity index is 1350. The van der Waals surface area contributed by atoms with Crippen LogP contribution in [0, 0.1) is 13.8 Å². The molecule has 3 aromatic carbocycles. The van der Waals surface area contributed by atoms with Gasteiger partial charge in [-0.05, 0) is 41.4 Å². The molecule has 1 aliphatic rings. The van der Waals surface area contributed by atoms with Crippen LogP contribution in [-0.2, 0) is 10.3 Å². The van der Waals surface area contributed by atoms with Gasteiger partial charge in [0.05, 0.1) is 5.69 Å². The van der Waals surface area contributed by atoms with Crippen LogP contribution in [0.5, 0.6) is 0 Å². The van der Waals surface area contributed by atoms with E-state index in [0.717, 1.165) is 38.1 Å². The summed E-state index contributed by atoms with van der Waals surface area (Å²) in [4.78, 5) is 20.8. The quantitative estimate of drug-likeness (QED) is 0.378. The minimum absolute atomic E-state index is 0.226. The summed E-state index contributed by atoms with van der Waals surface area (Å²) in [7, 11) is 0. The summed E-state index contributed by atoms with van der Waals surface area (Å²) in [5.41, 5.74) is 4.44. The maximum absolute atomic E-state index is 13.1. The highest BCUT2D eigenvalue weighted by atomic mass is 79.9. The zero-order valence-electron chi connectivity index (χ0n) is 17.7. The van der Waals surface area contributed by atoms with Crippen LogP contribution in [0.25, 0.3) is 0 Å². The van der Waals surface area contributed by atoms with Crippen molar-refractivity contribution in [3.05, 3.63) is 133 Å². The normalized spacial score (nSPS) is 14.3. The minimum Gasteiger partial charge on any atom is -0.456 e. The molecule has 5 rings (SSSR count). The number of pyridine rings is 1. The number of fused-ring (bicyclic) bond motifs is 1. The lowest BCUT2D eigenvalue weighted by Crippen LogP contribution is -2.39. The first-order valence-corrected chi connectivity index (χ1v) is 11.2. The van der Waals surface area contributed by atoms with Gasteiger partial charge in [0.1, 0.15) is 5.56 Å². The van der Waals surface area contributed by atoms with Crippen LogP contribution in [0.3, 0.4) is 0 Å². The lowest BCUT2D eigenvalue weighted by Gasteiger charge is -2.39. The van der Waals surface area contributed by atoms with Crippen LogP contribution < -0.4 is 5.56 Å². The summed E-state index contributed by atoms with van der Waals surface area (Å²) < 4.78 is 7.66. The second kappa shape index (κ2) is 7.92. The van der Waals surface area contributed by atoms with Crippen LogP contribution in [0.2, 0.25) is 0 Å². The number of aromatic nitrogens is 1. The number of aromatic amines is 1. The fourth-order valence-corrected chi connectivity index (χ4v) is 4.65. The number of aliphatic imine (C=N–C) groups is 1. The number of hydrogen-bond acceptors (Lipinski definition) is 3. The average molecular weight is 485 g/mol. The van der Waals surface area contributed by atoms with Gasteiger partial charge in [0, 0.05) is 26.9 Å². The lowest BCUT2D eigenvalue weighted by atomic mass is 9.78. The second-order valence-electron chi connectivity index (χ2n) is 7.84. The van der Waals surface area contributed by atoms with E-state index < -0.39 is 5.60 Å². The molecule has 0 fully saturated rings. The maximum atomic E-state index is 13.1. The zero-order chi connectivity index (χ0) is 22.3. The van der Waals surface area contributed by atoms with Gasteiger partial charge < -0.3 is 9.72 Å². The third kappa shape index (κ3) is 3.12. The molecule has 32 heavy (non-hydrogen) atoms. The summed E-state index contributed by atoms with van der Waals surface area (Å²) in [6.45, 7) is 3.76. The maximum Gasteiger partial charge on any atom is 0.261 e. The zero-order valence-corrected chi connectivity index (χ0v) is 19.3. The second-order valence-corrected chi connectivity index (χ2v) is 8.64. The highest BCUT2D eigenvalue weighted by Crippen LogP contribution is 2.47. The average Bonchev–Trinajstić information content (AvgIpc) is 2.83. The highest BCUT2D eigenvalue weighted by molar-refractivity contribution is 9.10. The van der Waals surface area contributed by atoms with Crippen molar-refractivity contribution >= 4 is 27.5 Å². The molecule has 0 bridgehead atoms. The predicted octanol–water partition coefficient (Wildman–Crippen LogP) is 6.15. The van der Waals surface area contributed by atoms with Gasteiger partial charge in [-0.15, -0.1) is 0 Å². The molecule has 1 N–H and O–H groups in total. The molecule has 4 nitrogen and oxygen atoms in total. The number of halogens is 1. The molecule has 0 aliphatic carbocycles. The number of nitrogens with zero attached hydrogens (tertiary/aromatic N) is 1. The molecule has 0 atom stereocenters. The van der Waals surface area contributed by atoms with Crippen LogP contribution >= 0.6 is 15.9 Å². The Morgan fingerprint density at radius 1 is 0.844 bits per heavy atom. The van der Waals surface area contributed by atoms with Gasteiger partial charge >= 0.3 is 0 Å². The number of H-pyrrole nitrogens is 1. The summed E-state index contributed by atoms with van der Waals surface area (Å²) in [6, 6.07) is 28.1. The lowest BCUT2D eigenvalue weighted by molar-refractivity contribution is 0.137. The first-order valence-electron chi connectivity index (χ1n) is 10.4. The molecule has 0 radical (unpaired) electrons. The molecule has 1 aliphatic heterocycles. The van der Waals surface area contributed by atoms with E-state index in [1.807, 2.05) is 74.5 Å². The van der Waals surface area contributed by atoms with Crippen molar-refractivity contribution < 1.29 is 4.74 Å². The number of aryl methyl sites for hydroxylation is 1. The van der Waals surface area contributed by atoms with Crippen molar-refractivity contribution in [3.8, 4) is 0 Å². The summed E-state index contributed by atoms with van der Waals surface area (Å²) in [5.74, 6) is 0.302. The van der Waals surface area contributed by atoms with Crippen molar-refractivity contribution in [1.82, 2.24) is 4.98 Å². The Morgan fingerprint density at radius 3 is 2.03 bits per heavy atom. The van der Waals surface area contributed by atoms with Crippen molar-refractivity contribution in [3.63, 3.8) is 0 Å². The van der Waals surface area contributed by atoms with Gasteiger partial charge in [-0.3, -0.25) is 4.79 Å². The molecule has 0 saturated carbocycles. The van der Waals surface area contributed by atoms with Crippen LogP contribution in [-0.4, -0.2) is 10.9 Å². The van der Waals surface area contributed by atoms with Gasteiger partial charge in [-0.1, -0.05) is 78.9 Å². The van der Waals surface area contributed by atoms with Gasteiger partial charge in [0.15, 0.2) is 5.60 Å². The summed E-state index contributed by atoms with van der Waals surface area (Å²) in [5, 5.41) is 0. The molecule has 2 heterocycles. The van der Waals surface area contributed by atoms with Gasteiger partial charge in [0.25, 0.3) is 5.56 Å². The number of hydrogen-bond donors (Lipinski definition) is 1. The molecule has 4 aromatic rings. The Morgan fingerprint density at radius 2 is 1.41 bits per heavy atom. The Balaban J connectivity index is 1.86. The van der Waals surface area contributed by atoms with Crippen molar-refractivity contribution in [1.29, 1.82) is 0 Å². The number of benzene rings is 3. The smallest absolute Gasteiger partial charge is 0.261 e. The molecule has 5 heteroatoms. The number of ether oxygens (including phenoxy) is 1. The monoisotopic (exact) mass is 484 g/mol. The van der Waals surface area contributed by atoms with E-state index in [9.17, 15) is 4.79 Å². The van der Waals surface area contributed by atoms with Crippen molar-refractivity contribution in [2.24, 2.45) is 4.99 Å². The van der Waals surface area contributed by atoms with Gasteiger partial charge in [-0.25, -0.2) is 4.99 Å².